The predicted molar refractivity (Wildman–Crippen MR) is 77.7 cm³/mol. The monoisotopic (exact) mass is 324 g/mol. The summed E-state index contributed by atoms with van der Waals surface area (Å²) in [7, 11) is 0. The number of amides is 2. The van der Waals surface area contributed by atoms with E-state index < -0.39 is 17.5 Å². The van der Waals surface area contributed by atoms with Crippen molar-refractivity contribution in [2.45, 2.75) is 18.9 Å². The van der Waals surface area contributed by atoms with Crippen molar-refractivity contribution in [2.24, 2.45) is 5.92 Å². The van der Waals surface area contributed by atoms with Gasteiger partial charge in [-0.15, -0.1) is 0 Å². The normalized spacial score (nSPS) is 21.1. The van der Waals surface area contributed by atoms with Crippen LogP contribution in [0.4, 0.5) is 8.78 Å². The van der Waals surface area contributed by atoms with Crippen LogP contribution in [0.3, 0.4) is 0 Å². The third kappa shape index (κ3) is 3.50. The van der Waals surface area contributed by atoms with Gasteiger partial charge in [-0.25, -0.2) is 8.78 Å². The Morgan fingerprint density at radius 2 is 2.04 bits per heavy atom. The Kier molecular flexibility index (Phi) is 4.56. The highest BCUT2D eigenvalue weighted by molar-refractivity contribution is 5.96. The number of hydrogen-bond donors (Lipinski definition) is 1. The van der Waals surface area contributed by atoms with Gasteiger partial charge < -0.3 is 15.0 Å². The van der Waals surface area contributed by atoms with Crippen LogP contribution < -0.4 is 5.32 Å². The molecule has 2 amide bonds. The van der Waals surface area contributed by atoms with E-state index in [1.807, 2.05) is 0 Å². The summed E-state index contributed by atoms with van der Waals surface area (Å²) in [5.74, 6) is -2.80. The first-order valence-corrected chi connectivity index (χ1v) is 7.68. The van der Waals surface area contributed by atoms with Crippen molar-refractivity contribution < 1.29 is 23.1 Å². The van der Waals surface area contributed by atoms with Gasteiger partial charge in [0.1, 0.15) is 0 Å². The fourth-order valence-corrected chi connectivity index (χ4v) is 2.79. The lowest BCUT2D eigenvalue weighted by atomic mass is 9.97. The molecule has 2 heterocycles. The molecule has 2 aliphatic rings. The quantitative estimate of drug-likeness (QED) is 0.909. The molecule has 1 aromatic rings. The molecular weight excluding hydrogens is 306 g/mol. The third-order valence-corrected chi connectivity index (χ3v) is 4.23. The van der Waals surface area contributed by atoms with Crippen molar-refractivity contribution in [1.29, 1.82) is 0 Å². The van der Waals surface area contributed by atoms with E-state index in [4.69, 9.17) is 4.74 Å². The van der Waals surface area contributed by atoms with Gasteiger partial charge in [-0.05, 0) is 31.0 Å². The standard InChI is InChI=1S/C16H18F2N2O3/c17-13-4-3-10(6-14(13)18)16(22)20-8-11(9-20)15(21)19-7-12-2-1-5-23-12/h3-4,6,11-12H,1-2,5,7-9H2,(H,19,21). The van der Waals surface area contributed by atoms with E-state index in [-0.39, 0.29) is 36.6 Å². The Bertz CT molecular complexity index is 611. The first-order valence-electron chi connectivity index (χ1n) is 7.68. The molecule has 2 fully saturated rings. The van der Waals surface area contributed by atoms with Crippen LogP contribution in [0.15, 0.2) is 18.2 Å². The van der Waals surface area contributed by atoms with E-state index in [1.165, 1.54) is 11.0 Å². The summed E-state index contributed by atoms with van der Waals surface area (Å²) >= 11 is 0. The molecule has 0 bridgehead atoms. The predicted octanol–water partition coefficient (Wildman–Crippen LogP) is 1.33. The molecule has 0 spiro atoms. The number of carbonyl (C=O) groups excluding carboxylic acids is 2. The fraction of sp³-hybridized carbons (Fsp3) is 0.500. The smallest absolute Gasteiger partial charge is 0.254 e. The first kappa shape index (κ1) is 15.9. The minimum Gasteiger partial charge on any atom is -0.376 e. The van der Waals surface area contributed by atoms with Gasteiger partial charge in [0.2, 0.25) is 5.91 Å². The van der Waals surface area contributed by atoms with Crippen LogP contribution in [0.2, 0.25) is 0 Å². The van der Waals surface area contributed by atoms with Crippen molar-refractivity contribution >= 4 is 11.8 Å². The number of nitrogens with one attached hydrogen (secondary N) is 1. The lowest BCUT2D eigenvalue weighted by Crippen LogP contribution is -2.56. The van der Waals surface area contributed by atoms with Gasteiger partial charge in [-0.3, -0.25) is 9.59 Å². The van der Waals surface area contributed by atoms with Gasteiger partial charge in [0.25, 0.3) is 5.91 Å². The molecule has 1 atom stereocenters. The van der Waals surface area contributed by atoms with Crippen LogP contribution >= 0.6 is 0 Å². The Morgan fingerprint density at radius 1 is 1.26 bits per heavy atom. The molecule has 124 valence electrons. The van der Waals surface area contributed by atoms with Gasteiger partial charge in [0.15, 0.2) is 11.6 Å². The van der Waals surface area contributed by atoms with Gasteiger partial charge in [-0.1, -0.05) is 0 Å². The van der Waals surface area contributed by atoms with Crippen molar-refractivity contribution in [3.63, 3.8) is 0 Å². The molecule has 1 aromatic carbocycles. The average molecular weight is 324 g/mol. The second kappa shape index (κ2) is 6.62. The topological polar surface area (TPSA) is 58.6 Å². The van der Waals surface area contributed by atoms with Crippen LogP contribution in [0.1, 0.15) is 23.2 Å². The first-order chi connectivity index (χ1) is 11.0. The zero-order chi connectivity index (χ0) is 16.4. The van der Waals surface area contributed by atoms with Crippen LogP contribution in [0, 0.1) is 17.6 Å². The minimum absolute atomic E-state index is 0.0824. The number of likely N-dealkylation sites (tertiary alicyclic amines) is 1. The Hall–Kier alpha value is -2.02. The molecular formula is C16H18F2N2O3. The molecule has 0 aromatic heterocycles. The molecule has 0 radical (unpaired) electrons. The van der Waals surface area contributed by atoms with E-state index in [9.17, 15) is 18.4 Å². The third-order valence-electron chi connectivity index (χ3n) is 4.23. The van der Waals surface area contributed by atoms with Crippen LogP contribution in [-0.2, 0) is 9.53 Å². The molecule has 1 unspecified atom stereocenters. The summed E-state index contributed by atoms with van der Waals surface area (Å²) in [6.07, 6.45) is 2.05. The van der Waals surface area contributed by atoms with E-state index in [0.29, 0.717) is 6.54 Å². The maximum atomic E-state index is 13.2. The van der Waals surface area contributed by atoms with Crippen molar-refractivity contribution in [1.82, 2.24) is 10.2 Å². The number of ether oxygens (including phenoxy) is 1. The number of carbonyl (C=O) groups is 2. The highest BCUT2D eigenvalue weighted by Crippen LogP contribution is 2.20. The Morgan fingerprint density at radius 3 is 2.70 bits per heavy atom. The van der Waals surface area contributed by atoms with E-state index in [0.717, 1.165) is 31.6 Å². The summed E-state index contributed by atoms with van der Waals surface area (Å²) in [5, 5.41) is 2.83. The highest BCUT2D eigenvalue weighted by Gasteiger charge is 2.36. The number of halogens is 2. The van der Waals surface area contributed by atoms with Crippen molar-refractivity contribution in [3.8, 4) is 0 Å². The number of hydrogen-bond acceptors (Lipinski definition) is 3. The van der Waals surface area contributed by atoms with Gasteiger partial charge >= 0.3 is 0 Å². The highest BCUT2D eigenvalue weighted by atomic mass is 19.2. The number of nitrogens with zero attached hydrogens (tertiary/aromatic N) is 1. The van der Waals surface area contributed by atoms with Gasteiger partial charge in [0.05, 0.1) is 12.0 Å². The molecule has 1 N–H and O–H groups in total. The van der Waals surface area contributed by atoms with Crippen LogP contribution in [0.25, 0.3) is 0 Å². The van der Waals surface area contributed by atoms with E-state index in [2.05, 4.69) is 5.32 Å². The largest absolute Gasteiger partial charge is 0.376 e. The summed E-state index contributed by atoms with van der Waals surface area (Å²) in [6.45, 7) is 1.80. The second-order valence-corrected chi connectivity index (χ2v) is 5.92. The summed E-state index contributed by atoms with van der Waals surface area (Å²) in [5.41, 5.74) is 0.0853. The second-order valence-electron chi connectivity index (χ2n) is 5.92. The van der Waals surface area contributed by atoms with Crippen molar-refractivity contribution in [2.75, 3.05) is 26.2 Å². The molecule has 7 heteroatoms. The maximum absolute atomic E-state index is 13.2. The maximum Gasteiger partial charge on any atom is 0.254 e. The van der Waals surface area contributed by atoms with E-state index >= 15 is 0 Å². The minimum atomic E-state index is -1.05. The molecule has 3 rings (SSSR count). The molecule has 2 aliphatic heterocycles. The summed E-state index contributed by atoms with van der Waals surface area (Å²) in [4.78, 5) is 25.5. The SMILES string of the molecule is O=C(NCC1CCCO1)C1CN(C(=O)c2ccc(F)c(F)c2)C1. The molecule has 2 saturated heterocycles. The summed E-state index contributed by atoms with van der Waals surface area (Å²) in [6, 6.07) is 3.04. The Labute approximate surface area is 132 Å². The van der Waals surface area contributed by atoms with Crippen LogP contribution in [0.5, 0.6) is 0 Å². The molecule has 0 saturated carbocycles. The van der Waals surface area contributed by atoms with Gasteiger partial charge in [-0.2, -0.15) is 0 Å². The van der Waals surface area contributed by atoms with Crippen LogP contribution in [-0.4, -0.2) is 49.1 Å². The average Bonchev–Trinajstić information content (AvgIpc) is 2.99. The summed E-state index contributed by atoms with van der Waals surface area (Å²) < 4.78 is 31.5. The fourth-order valence-electron chi connectivity index (χ4n) is 2.79. The zero-order valence-electron chi connectivity index (χ0n) is 12.6. The van der Waals surface area contributed by atoms with E-state index in [1.54, 1.807) is 0 Å². The lowest BCUT2D eigenvalue weighted by molar-refractivity contribution is -0.129. The Balaban J connectivity index is 1.46. The van der Waals surface area contributed by atoms with Gasteiger partial charge in [0, 0.05) is 31.8 Å². The van der Waals surface area contributed by atoms with Crippen molar-refractivity contribution in [3.05, 3.63) is 35.4 Å². The lowest BCUT2D eigenvalue weighted by Gasteiger charge is -2.38. The number of benzene rings is 1. The zero-order valence-corrected chi connectivity index (χ0v) is 12.6. The molecule has 23 heavy (non-hydrogen) atoms. The molecule has 0 aliphatic carbocycles. The molecule has 5 nitrogen and oxygen atoms in total. The number of rotatable bonds is 4.